The third kappa shape index (κ3) is 3.28. The predicted octanol–water partition coefficient (Wildman–Crippen LogP) is 2.81. The number of amides is 1. The number of allylic oxidation sites excluding steroid dienone is 1. The first kappa shape index (κ1) is 13.9. The van der Waals surface area contributed by atoms with Crippen molar-refractivity contribution in [2.24, 2.45) is 21.0 Å². The molecule has 1 aromatic carbocycles. The van der Waals surface area contributed by atoms with E-state index >= 15 is 0 Å². The first-order chi connectivity index (χ1) is 9.49. The van der Waals surface area contributed by atoms with Gasteiger partial charge in [0.15, 0.2) is 5.54 Å². The molecule has 0 bridgehead atoms. The molecule has 20 heavy (non-hydrogen) atoms. The fraction of sp³-hybridized carbons (Fsp3) is 0.286. The summed E-state index contributed by atoms with van der Waals surface area (Å²) in [5, 5.41) is 7.87. The van der Waals surface area contributed by atoms with Gasteiger partial charge in [0.25, 0.3) is 0 Å². The minimum Gasteiger partial charge on any atom is -0.443 e. The summed E-state index contributed by atoms with van der Waals surface area (Å²) in [5.74, 6) is 0.0659. The van der Waals surface area contributed by atoms with Gasteiger partial charge in [0.1, 0.15) is 12.4 Å². The number of nitrogens with two attached hydrogens (primary N) is 1. The molecule has 6 nitrogen and oxygen atoms in total. The molecular formula is C14H16N4O2. The molecule has 0 aliphatic carbocycles. The van der Waals surface area contributed by atoms with Crippen molar-refractivity contribution in [3.63, 3.8) is 0 Å². The zero-order valence-corrected chi connectivity index (χ0v) is 11.4. The first-order valence-corrected chi connectivity index (χ1v) is 6.17. The summed E-state index contributed by atoms with van der Waals surface area (Å²) in [6, 6.07) is 9.35. The average Bonchev–Trinajstić information content (AvgIpc) is 2.79. The number of carbonyl (C=O) groups excluding carboxylic acids is 1. The summed E-state index contributed by atoms with van der Waals surface area (Å²) in [6.07, 6.45) is 1.01. The largest absolute Gasteiger partial charge is 0.443 e. The lowest BCUT2D eigenvalue weighted by atomic mass is 10.0. The van der Waals surface area contributed by atoms with Crippen LogP contribution in [0.5, 0.6) is 0 Å². The number of ether oxygens (including phenoxy) is 1. The molecule has 0 radical (unpaired) electrons. The van der Waals surface area contributed by atoms with Crippen molar-refractivity contribution in [3.05, 3.63) is 47.7 Å². The van der Waals surface area contributed by atoms with Gasteiger partial charge in [-0.25, -0.2) is 4.79 Å². The Bertz CT molecular complexity index is 592. The summed E-state index contributed by atoms with van der Waals surface area (Å²) < 4.78 is 5.03. The lowest BCUT2D eigenvalue weighted by molar-refractivity contribution is 0.150. The van der Waals surface area contributed by atoms with E-state index in [0.29, 0.717) is 0 Å². The monoisotopic (exact) mass is 272 g/mol. The summed E-state index contributed by atoms with van der Waals surface area (Å²) in [6.45, 7) is 3.69. The molecule has 1 aliphatic rings. The predicted molar refractivity (Wildman–Crippen MR) is 75.3 cm³/mol. The maximum Gasteiger partial charge on any atom is 0.435 e. The van der Waals surface area contributed by atoms with Gasteiger partial charge in [-0.15, -0.1) is 0 Å². The highest BCUT2D eigenvalue weighted by atomic mass is 16.5. The lowest BCUT2D eigenvalue weighted by Gasteiger charge is -2.14. The van der Waals surface area contributed by atoms with Gasteiger partial charge in [-0.1, -0.05) is 30.3 Å². The van der Waals surface area contributed by atoms with E-state index in [4.69, 9.17) is 10.5 Å². The second-order valence-electron chi connectivity index (χ2n) is 4.67. The van der Waals surface area contributed by atoms with Crippen LogP contribution in [0.25, 0.3) is 0 Å². The molecule has 1 unspecified atom stereocenters. The van der Waals surface area contributed by atoms with Crippen molar-refractivity contribution in [2.75, 3.05) is 0 Å². The number of hydrogen-bond acceptors (Lipinski definition) is 4. The van der Waals surface area contributed by atoms with E-state index in [-0.39, 0.29) is 12.4 Å². The minimum atomic E-state index is -0.865. The van der Waals surface area contributed by atoms with E-state index in [1.165, 1.54) is 0 Å². The Balaban J connectivity index is 1.97. The van der Waals surface area contributed by atoms with E-state index < -0.39 is 11.6 Å². The number of carbonyl (C=O) groups is 1. The van der Waals surface area contributed by atoms with E-state index in [1.807, 2.05) is 30.3 Å². The van der Waals surface area contributed by atoms with Crippen molar-refractivity contribution in [2.45, 2.75) is 26.0 Å². The topological polar surface area (TPSA) is 89.4 Å². The van der Waals surface area contributed by atoms with Crippen LogP contribution in [-0.2, 0) is 11.3 Å². The lowest BCUT2D eigenvalue weighted by Crippen LogP contribution is -2.37. The third-order valence-corrected chi connectivity index (χ3v) is 2.84. The van der Waals surface area contributed by atoms with Gasteiger partial charge in [-0.05, 0) is 25.5 Å². The SMILES string of the molecule is CC1=CC(C)(C(N)=NC(=O)OCc2ccccc2)N=N1. The standard InChI is InChI=1S/C14H16N4O2/c1-10-8-14(2,18-17-10)12(15)16-13(19)20-9-11-6-4-3-5-7-11/h3-8H,9H2,1-2H3,(H2,15,16,19). The number of aliphatic imine (C=N–C) groups is 1. The van der Waals surface area contributed by atoms with Crippen molar-refractivity contribution in [1.82, 2.24) is 0 Å². The minimum absolute atomic E-state index is 0.0659. The molecule has 1 amide bonds. The number of hydrogen-bond donors (Lipinski definition) is 1. The third-order valence-electron chi connectivity index (χ3n) is 2.84. The highest BCUT2D eigenvalue weighted by molar-refractivity contribution is 5.98. The van der Waals surface area contributed by atoms with Crippen molar-refractivity contribution < 1.29 is 9.53 Å². The maximum atomic E-state index is 11.6. The van der Waals surface area contributed by atoms with Crippen LogP contribution >= 0.6 is 0 Å². The summed E-state index contributed by atoms with van der Waals surface area (Å²) in [5.41, 5.74) is 6.56. The van der Waals surface area contributed by atoms with Crippen LogP contribution in [0.2, 0.25) is 0 Å². The zero-order valence-electron chi connectivity index (χ0n) is 11.4. The number of rotatable bonds is 3. The molecule has 6 heteroatoms. The molecule has 0 fully saturated rings. The normalized spacial score (nSPS) is 21.7. The fourth-order valence-corrected chi connectivity index (χ4v) is 1.74. The quantitative estimate of drug-likeness (QED) is 0.677. The Morgan fingerprint density at radius 1 is 1.40 bits per heavy atom. The summed E-state index contributed by atoms with van der Waals surface area (Å²) >= 11 is 0. The van der Waals surface area contributed by atoms with E-state index in [2.05, 4.69) is 15.2 Å². The fourth-order valence-electron chi connectivity index (χ4n) is 1.74. The second kappa shape index (κ2) is 5.64. The zero-order chi connectivity index (χ0) is 14.6. The van der Waals surface area contributed by atoms with Crippen molar-refractivity contribution in [1.29, 1.82) is 0 Å². The maximum absolute atomic E-state index is 11.6. The van der Waals surface area contributed by atoms with E-state index in [0.717, 1.165) is 11.3 Å². The van der Waals surface area contributed by atoms with Gasteiger partial charge in [0.2, 0.25) is 0 Å². The van der Waals surface area contributed by atoms with Crippen molar-refractivity contribution in [3.8, 4) is 0 Å². The second-order valence-corrected chi connectivity index (χ2v) is 4.67. The number of azo groups is 1. The molecule has 2 N–H and O–H groups in total. The van der Waals surface area contributed by atoms with Gasteiger partial charge < -0.3 is 10.5 Å². The Kier molecular flexibility index (Phi) is 3.93. The summed E-state index contributed by atoms with van der Waals surface area (Å²) in [7, 11) is 0. The first-order valence-electron chi connectivity index (χ1n) is 6.17. The van der Waals surface area contributed by atoms with Gasteiger partial charge >= 0.3 is 6.09 Å². The number of benzene rings is 1. The molecule has 1 aromatic rings. The van der Waals surface area contributed by atoms with Crippen LogP contribution in [-0.4, -0.2) is 17.5 Å². The Morgan fingerprint density at radius 3 is 2.70 bits per heavy atom. The van der Waals surface area contributed by atoms with Gasteiger partial charge in [-0.2, -0.15) is 15.2 Å². The van der Waals surface area contributed by atoms with E-state index in [9.17, 15) is 4.79 Å². The number of nitrogens with zero attached hydrogens (tertiary/aromatic N) is 3. The molecule has 1 atom stereocenters. The molecule has 0 saturated carbocycles. The van der Waals surface area contributed by atoms with Crippen LogP contribution in [0.4, 0.5) is 4.79 Å². The van der Waals surface area contributed by atoms with Gasteiger partial charge in [-0.3, -0.25) is 0 Å². The molecule has 1 aliphatic heterocycles. The average molecular weight is 272 g/mol. The van der Waals surface area contributed by atoms with Crippen LogP contribution in [0.15, 0.2) is 57.3 Å². The van der Waals surface area contributed by atoms with Gasteiger partial charge in [0, 0.05) is 0 Å². The van der Waals surface area contributed by atoms with Crippen LogP contribution in [0.3, 0.4) is 0 Å². The smallest absolute Gasteiger partial charge is 0.435 e. The van der Waals surface area contributed by atoms with Crippen LogP contribution < -0.4 is 5.73 Å². The highest BCUT2D eigenvalue weighted by Crippen LogP contribution is 2.23. The van der Waals surface area contributed by atoms with E-state index in [1.54, 1.807) is 19.9 Å². The van der Waals surface area contributed by atoms with Crippen LogP contribution in [0, 0.1) is 0 Å². The molecule has 0 spiro atoms. The molecular weight excluding hydrogens is 256 g/mol. The van der Waals surface area contributed by atoms with Gasteiger partial charge in [0.05, 0.1) is 5.70 Å². The molecule has 1 heterocycles. The molecule has 104 valence electrons. The number of amidine groups is 1. The molecule has 2 rings (SSSR count). The molecule has 0 aromatic heterocycles. The Labute approximate surface area is 117 Å². The van der Waals surface area contributed by atoms with Crippen molar-refractivity contribution >= 4 is 11.9 Å². The Morgan fingerprint density at radius 2 is 2.10 bits per heavy atom. The Hall–Kier alpha value is -2.50. The highest BCUT2D eigenvalue weighted by Gasteiger charge is 2.30. The summed E-state index contributed by atoms with van der Waals surface area (Å²) in [4.78, 5) is 15.3. The molecule has 0 saturated heterocycles. The van der Waals surface area contributed by atoms with Crippen LogP contribution in [0.1, 0.15) is 19.4 Å².